The van der Waals surface area contributed by atoms with Gasteiger partial charge >= 0.3 is 0 Å². The van der Waals surface area contributed by atoms with Crippen molar-refractivity contribution in [3.8, 4) is 11.5 Å². The summed E-state index contributed by atoms with van der Waals surface area (Å²) >= 11 is 0. The van der Waals surface area contributed by atoms with Crippen LogP contribution in [0, 0.1) is 46.5 Å². The second kappa shape index (κ2) is 14.0. The highest BCUT2D eigenvalue weighted by Gasteiger charge is 2.56. The third kappa shape index (κ3) is 7.14. The van der Waals surface area contributed by atoms with Gasteiger partial charge in [0, 0.05) is 23.7 Å². The molecule has 5 rings (SSSR count). The van der Waals surface area contributed by atoms with Crippen LogP contribution in [0.25, 0.3) is 0 Å². The van der Waals surface area contributed by atoms with Gasteiger partial charge in [-0.1, -0.05) is 60.2 Å². The van der Waals surface area contributed by atoms with Crippen molar-refractivity contribution in [1.82, 2.24) is 0 Å². The Morgan fingerprint density at radius 1 is 0.812 bits per heavy atom. The number of ether oxygens (including phenoxy) is 2. The van der Waals surface area contributed by atoms with Crippen LogP contribution in [0.5, 0.6) is 11.5 Å². The highest BCUT2D eigenvalue weighted by molar-refractivity contribution is 6.10. The van der Waals surface area contributed by atoms with Gasteiger partial charge in [0.15, 0.2) is 11.5 Å². The lowest BCUT2D eigenvalue weighted by atomic mass is 9.61. The average molecular weight is 649 g/mol. The molecule has 4 aromatic carbocycles. The summed E-state index contributed by atoms with van der Waals surface area (Å²) < 4.78 is 11.9. The molecule has 8 heteroatoms. The highest BCUT2D eigenvalue weighted by Crippen LogP contribution is 2.48. The molecule has 1 fully saturated rings. The monoisotopic (exact) mass is 648 g/mol. The van der Waals surface area contributed by atoms with Crippen molar-refractivity contribution in [2.75, 3.05) is 17.7 Å². The Balaban J connectivity index is 1.58. The van der Waals surface area contributed by atoms with E-state index in [9.17, 15) is 19.5 Å². The summed E-state index contributed by atoms with van der Waals surface area (Å²) in [6, 6.07) is 24.3. The van der Waals surface area contributed by atoms with Gasteiger partial charge < -0.3 is 25.2 Å². The Labute approximate surface area is 282 Å². The van der Waals surface area contributed by atoms with E-state index in [1.165, 1.54) is 14.0 Å². The molecule has 4 aromatic rings. The van der Waals surface area contributed by atoms with Gasteiger partial charge in [0.25, 0.3) is 0 Å². The highest BCUT2D eigenvalue weighted by atomic mass is 16.5. The first-order valence-electron chi connectivity index (χ1n) is 16.2. The topological polar surface area (TPSA) is 114 Å². The standard InChI is InChI=1S/C40H44N2O6/c1-23-11-8-14-28(19-23)22-48-33-18-17-29(20-34(33)47-7)35-36(38(44)41-30-15-9-12-24(2)26(30)4)32(43)21-40(6,46)37(35)39(45)42-31-16-10-13-25(3)27(31)5/h8-20,35-37,46H,21-22H2,1-7H3,(H,41,44)(H,42,45). The third-order valence-corrected chi connectivity index (χ3v) is 9.61. The molecule has 0 spiro atoms. The molecule has 8 nitrogen and oxygen atoms in total. The summed E-state index contributed by atoms with van der Waals surface area (Å²) in [4.78, 5) is 42.4. The minimum atomic E-state index is -1.76. The lowest BCUT2D eigenvalue weighted by molar-refractivity contribution is -0.150. The molecule has 1 aliphatic carbocycles. The molecule has 0 bridgehead atoms. The zero-order chi connectivity index (χ0) is 34.7. The Hall–Kier alpha value is -4.95. The molecule has 4 atom stereocenters. The van der Waals surface area contributed by atoms with Gasteiger partial charge in [-0.05, 0) is 99.2 Å². The SMILES string of the molecule is COc1cc(C2C(C(=O)Nc3cccc(C)c3C)C(=O)CC(C)(O)C2C(=O)Nc2cccc(C)c2C)ccc1OCc1cccc(C)c1. The number of amides is 2. The number of anilines is 2. The van der Waals surface area contributed by atoms with Crippen LogP contribution in [0.4, 0.5) is 11.4 Å². The molecular weight excluding hydrogens is 604 g/mol. The first-order valence-corrected chi connectivity index (χ1v) is 16.2. The van der Waals surface area contributed by atoms with Crippen LogP contribution in [0.3, 0.4) is 0 Å². The first-order chi connectivity index (χ1) is 22.8. The molecule has 48 heavy (non-hydrogen) atoms. The predicted molar refractivity (Wildman–Crippen MR) is 188 cm³/mol. The average Bonchev–Trinajstić information content (AvgIpc) is 3.03. The second-order valence-corrected chi connectivity index (χ2v) is 13.1. The van der Waals surface area contributed by atoms with Gasteiger partial charge in [0.2, 0.25) is 11.8 Å². The van der Waals surface area contributed by atoms with Crippen molar-refractivity contribution < 1.29 is 29.0 Å². The second-order valence-electron chi connectivity index (χ2n) is 13.1. The molecule has 0 aliphatic heterocycles. The minimum absolute atomic E-state index is 0.301. The van der Waals surface area contributed by atoms with E-state index in [1.54, 1.807) is 30.3 Å². The maximum absolute atomic E-state index is 14.3. The fourth-order valence-corrected chi connectivity index (χ4v) is 6.66. The van der Waals surface area contributed by atoms with E-state index in [1.807, 2.05) is 83.1 Å². The van der Waals surface area contributed by atoms with E-state index in [-0.39, 0.29) is 6.42 Å². The molecule has 0 radical (unpaired) electrons. The first kappa shape index (κ1) is 34.4. The minimum Gasteiger partial charge on any atom is -0.493 e. The van der Waals surface area contributed by atoms with E-state index in [0.29, 0.717) is 35.0 Å². The predicted octanol–water partition coefficient (Wildman–Crippen LogP) is 7.13. The van der Waals surface area contributed by atoms with Crippen LogP contribution in [-0.2, 0) is 21.0 Å². The normalized spacial score (nSPS) is 20.6. The van der Waals surface area contributed by atoms with Crippen LogP contribution in [-0.4, -0.2) is 35.4 Å². The number of aryl methyl sites for hydroxylation is 3. The number of ketones is 1. The zero-order valence-electron chi connectivity index (χ0n) is 28.6. The van der Waals surface area contributed by atoms with Crippen molar-refractivity contribution in [3.63, 3.8) is 0 Å². The molecule has 3 N–H and O–H groups in total. The molecule has 0 saturated heterocycles. The van der Waals surface area contributed by atoms with Gasteiger partial charge in [-0.15, -0.1) is 0 Å². The van der Waals surface area contributed by atoms with E-state index in [0.717, 1.165) is 33.4 Å². The molecular formula is C40H44N2O6. The van der Waals surface area contributed by atoms with Crippen molar-refractivity contribution in [2.45, 2.75) is 66.1 Å². The summed E-state index contributed by atoms with van der Waals surface area (Å²) in [5.74, 6) is -4.13. The van der Waals surface area contributed by atoms with Crippen LogP contribution in [0.2, 0.25) is 0 Å². The summed E-state index contributed by atoms with van der Waals surface area (Å²) in [5, 5.41) is 17.8. The van der Waals surface area contributed by atoms with Gasteiger partial charge in [-0.2, -0.15) is 0 Å². The molecule has 2 amide bonds. The van der Waals surface area contributed by atoms with Crippen molar-refractivity contribution in [3.05, 3.63) is 118 Å². The summed E-state index contributed by atoms with van der Waals surface area (Å²) in [5.41, 5.74) is 5.75. The number of rotatable bonds is 9. The van der Waals surface area contributed by atoms with Gasteiger partial charge in [-0.25, -0.2) is 0 Å². The van der Waals surface area contributed by atoms with Crippen molar-refractivity contribution in [1.29, 1.82) is 0 Å². The number of aliphatic hydroxyl groups is 1. The smallest absolute Gasteiger partial charge is 0.235 e. The van der Waals surface area contributed by atoms with Crippen molar-refractivity contribution >= 4 is 29.0 Å². The van der Waals surface area contributed by atoms with E-state index in [4.69, 9.17) is 9.47 Å². The lowest BCUT2D eigenvalue weighted by Gasteiger charge is -2.44. The summed E-state index contributed by atoms with van der Waals surface area (Å²) in [6.45, 7) is 11.5. The molecule has 4 unspecified atom stereocenters. The quantitative estimate of drug-likeness (QED) is 0.166. The zero-order valence-corrected chi connectivity index (χ0v) is 28.6. The van der Waals surface area contributed by atoms with Gasteiger partial charge in [0.05, 0.1) is 18.6 Å². The molecule has 1 aliphatic rings. The third-order valence-electron chi connectivity index (χ3n) is 9.61. The molecule has 250 valence electrons. The van der Waals surface area contributed by atoms with Crippen LogP contribution in [0.15, 0.2) is 78.9 Å². The van der Waals surface area contributed by atoms with Crippen LogP contribution < -0.4 is 20.1 Å². The Bertz CT molecular complexity index is 1860. The summed E-state index contributed by atoms with van der Waals surface area (Å²) in [6.07, 6.45) is -0.367. The molecule has 0 heterocycles. The summed E-state index contributed by atoms with van der Waals surface area (Å²) in [7, 11) is 1.51. The van der Waals surface area contributed by atoms with Gasteiger partial charge in [0.1, 0.15) is 18.3 Å². The van der Waals surface area contributed by atoms with Crippen molar-refractivity contribution in [2.24, 2.45) is 11.8 Å². The number of Topliss-reactive ketones (excluding diaryl/α,β-unsaturated/α-hetero) is 1. The number of carbonyl (C=O) groups is 3. The number of carbonyl (C=O) groups excluding carboxylic acids is 3. The lowest BCUT2D eigenvalue weighted by Crippen LogP contribution is -2.56. The largest absolute Gasteiger partial charge is 0.493 e. The molecule has 0 aromatic heterocycles. The Morgan fingerprint density at radius 2 is 1.42 bits per heavy atom. The fourth-order valence-electron chi connectivity index (χ4n) is 6.66. The number of methoxy groups -OCH3 is 1. The number of hydrogen-bond donors (Lipinski definition) is 3. The van der Waals surface area contributed by atoms with E-state index >= 15 is 0 Å². The van der Waals surface area contributed by atoms with E-state index < -0.39 is 41.0 Å². The maximum Gasteiger partial charge on any atom is 0.235 e. The number of benzene rings is 4. The van der Waals surface area contributed by atoms with Crippen LogP contribution in [0.1, 0.15) is 58.2 Å². The van der Waals surface area contributed by atoms with Gasteiger partial charge in [-0.3, -0.25) is 14.4 Å². The molecule has 1 saturated carbocycles. The number of nitrogens with one attached hydrogen (secondary N) is 2. The Kier molecular flexibility index (Phi) is 10.1. The van der Waals surface area contributed by atoms with E-state index in [2.05, 4.69) is 10.6 Å². The van der Waals surface area contributed by atoms with Crippen LogP contribution >= 0.6 is 0 Å². The maximum atomic E-state index is 14.3. The number of hydrogen-bond acceptors (Lipinski definition) is 6. The Morgan fingerprint density at radius 3 is 2.02 bits per heavy atom. The fraction of sp³-hybridized carbons (Fsp3) is 0.325.